The fraction of sp³-hybridized carbons (Fsp3) is 0.556. The van der Waals surface area contributed by atoms with E-state index in [1.807, 2.05) is 24.4 Å². The van der Waals surface area contributed by atoms with Crippen LogP contribution in [0.3, 0.4) is 0 Å². The normalized spacial score (nSPS) is 24.7. The highest BCUT2D eigenvalue weighted by Gasteiger charge is 2.29. The molecule has 2 atom stereocenters. The van der Waals surface area contributed by atoms with Crippen LogP contribution in [0.15, 0.2) is 24.4 Å². The smallest absolute Gasteiger partial charge is 0.272 e. The molecule has 4 rings (SSSR count). The number of aromatic nitrogens is 2. The van der Waals surface area contributed by atoms with Crippen molar-refractivity contribution in [1.82, 2.24) is 19.6 Å². The maximum Gasteiger partial charge on any atom is 0.272 e. The molecule has 128 valence electrons. The summed E-state index contributed by atoms with van der Waals surface area (Å²) in [4.78, 5) is 19.7. The van der Waals surface area contributed by atoms with Gasteiger partial charge in [-0.3, -0.25) is 9.69 Å². The van der Waals surface area contributed by atoms with Gasteiger partial charge in [0.25, 0.3) is 5.91 Å². The minimum absolute atomic E-state index is 0.110. The van der Waals surface area contributed by atoms with Gasteiger partial charge in [-0.05, 0) is 51.4 Å². The molecule has 2 aliphatic rings. The van der Waals surface area contributed by atoms with Crippen LogP contribution in [-0.2, 0) is 4.74 Å². The highest BCUT2D eigenvalue weighted by Crippen LogP contribution is 2.31. The van der Waals surface area contributed by atoms with Gasteiger partial charge in [0.1, 0.15) is 5.82 Å². The Morgan fingerprint density at radius 3 is 3.04 bits per heavy atom. The Labute approximate surface area is 141 Å². The van der Waals surface area contributed by atoms with E-state index in [4.69, 9.17) is 9.72 Å². The Morgan fingerprint density at radius 1 is 1.38 bits per heavy atom. The van der Waals surface area contributed by atoms with Crippen molar-refractivity contribution >= 4 is 11.4 Å². The molecule has 0 saturated carbocycles. The molecule has 2 aliphatic heterocycles. The largest absolute Gasteiger partial charge is 0.376 e. The van der Waals surface area contributed by atoms with E-state index in [1.54, 1.807) is 0 Å². The van der Waals surface area contributed by atoms with Gasteiger partial charge in [0, 0.05) is 19.3 Å². The second kappa shape index (κ2) is 6.53. The number of pyridine rings is 1. The van der Waals surface area contributed by atoms with E-state index in [0.29, 0.717) is 12.2 Å². The second-order valence-corrected chi connectivity index (χ2v) is 6.76. The topological polar surface area (TPSA) is 58.9 Å². The summed E-state index contributed by atoms with van der Waals surface area (Å²) in [5.74, 6) is 0.856. The fourth-order valence-electron chi connectivity index (χ4n) is 3.80. The van der Waals surface area contributed by atoms with Gasteiger partial charge in [-0.2, -0.15) is 0 Å². The Morgan fingerprint density at radius 2 is 2.29 bits per heavy atom. The van der Waals surface area contributed by atoms with Crippen LogP contribution in [0.25, 0.3) is 5.52 Å². The molecule has 6 heteroatoms. The summed E-state index contributed by atoms with van der Waals surface area (Å²) < 4.78 is 7.64. The van der Waals surface area contributed by atoms with Gasteiger partial charge in [0.05, 0.1) is 17.7 Å². The average Bonchev–Trinajstić information content (AvgIpc) is 3.32. The molecule has 0 radical (unpaired) electrons. The van der Waals surface area contributed by atoms with Crippen LogP contribution in [0.1, 0.15) is 48.0 Å². The minimum atomic E-state index is -0.110. The molecule has 6 nitrogen and oxygen atoms in total. The third-order valence-electron chi connectivity index (χ3n) is 5.12. The third kappa shape index (κ3) is 2.80. The maximum atomic E-state index is 12.7. The quantitative estimate of drug-likeness (QED) is 0.933. The summed E-state index contributed by atoms with van der Waals surface area (Å²) in [6, 6.07) is 6.18. The zero-order chi connectivity index (χ0) is 16.5. The first kappa shape index (κ1) is 15.6. The molecule has 0 bridgehead atoms. The van der Waals surface area contributed by atoms with Gasteiger partial charge in [-0.1, -0.05) is 6.07 Å². The molecule has 1 amide bonds. The van der Waals surface area contributed by atoms with Crippen molar-refractivity contribution in [1.29, 1.82) is 0 Å². The van der Waals surface area contributed by atoms with E-state index in [9.17, 15) is 4.79 Å². The van der Waals surface area contributed by atoms with Gasteiger partial charge in [-0.15, -0.1) is 0 Å². The first-order valence-electron chi connectivity index (χ1n) is 8.81. The van der Waals surface area contributed by atoms with Crippen molar-refractivity contribution in [2.75, 3.05) is 26.7 Å². The second-order valence-electron chi connectivity index (χ2n) is 6.76. The van der Waals surface area contributed by atoms with Gasteiger partial charge in [-0.25, -0.2) is 4.98 Å². The number of nitrogens with zero attached hydrogens (tertiary/aromatic N) is 3. The summed E-state index contributed by atoms with van der Waals surface area (Å²) in [5.41, 5.74) is 1.39. The molecular formula is C18H24N4O2. The summed E-state index contributed by atoms with van der Waals surface area (Å²) >= 11 is 0. The summed E-state index contributed by atoms with van der Waals surface area (Å²) in [6.07, 6.45) is 6.49. The highest BCUT2D eigenvalue weighted by molar-refractivity contribution is 5.99. The molecule has 1 N–H and O–H groups in total. The lowest BCUT2D eigenvalue weighted by atomic mass is 10.2. The summed E-state index contributed by atoms with van der Waals surface area (Å²) in [5, 5.41) is 2.99. The van der Waals surface area contributed by atoms with Gasteiger partial charge in [0.2, 0.25) is 0 Å². The molecule has 0 spiro atoms. The van der Waals surface area contributed by atoms with Crippen molar-refractivity contribution in [2.45, 2.75) is 37.8 Å². The Hall–Kier alpha value is -1.92. The number of amides is 1. The number of imidazole rings is 1. The molecule has 0 unspecified atom stereocenters. The number of nitrogens with one attached hydrogen (secondary N) is 1. The lowest BCUT2D eigenvalue weighted by Gasteiger charge is -2.17. The highest BCUT2D eigenvalue weighted by atomic mass is 16.5. The van der Waals surface area contributed by atoms with E-state index in [2.05, 4.69) is 21.7 Å². The molecular weight excluding hydrogens is 304 g/mol. The van der Waals surface area contributed by atoms with Crippen molar-refractivity contribution in [3.63, 3.8) is 0 Å². The molecule has 2 saturated heterocycles. The van der Waals surface area contributed by atoms with Crippen LogP contribution in [0.5, 0.6) is 0 Å². The van der Waals surface area contributed by atoms with E-state index < -0.39 is 0 Å². The Balaban J connectivity index is 1.61. The average molecular weight is 328 g/mol. The van der Waals surface area contributed by atoms with Crippen LogP contribution >= 0.6 is 0 Å². The molecule has 24 heavy (non-hydrogen) atoms. The molecule has 0 aromatic carbocycles. The number of carbonyl (C=O) groups excluding carboxylic acids is 1. The first-order chi connectivity index (χ1) is 11.7. The summed E-state index contributed by atoms with van der Waals surface area (Å²) in [7, 11) is 2.12. The molecule has 2 fully saturated rings. The van der Waals surface area contributed by atoms with Gasteiger partial charge >= 0.3 is 0 Å². The van der Waals surface area contributed by atoms with Crippen molar-refractivity contribution in [3.05, 3.63) is 35.9 Å². The van der Waals surface area contributed by atoms with E-state index in [-0.39, 0.29) is 18.1 Å². The lowest BCUT2D eigenvalue weighted by Crippen LogP contribution is -2.32. The predicted molar refractivity (Wildman–Crippen MR) is 91.1 cm³/mol. The van der Waals surface area contributed by atoms with Crippen LogP contribution < -0.4 is 5.32 Å². The minimum Gasteiger partial charge on any atom is -0.376 e. The Kier molecular flexibility index (Phi) is 4.24. The van der Waals surface area contributed by atoms with E-state index in [0.717, 1.165) is 43.8 Å². The van der Waals surface area contributed by atoms with Crippen LogP contribution in [-0.4, -0.2) is 53.0 Å². The standard InChI is InChI=1S/C18H24N4O2/c1-21-9-4-8-15(21)17-20-16(14-7-2-3-10-22(14)17)18(23)19-12-13-6-5-11-24-13/h2-3,7,10,13,15H,4-6,8-9,11-12H2,1H3,(H,19,23)/t13-,15-/m0/s1. The maximum absolute atomic E-state index is 12.7. The zero-order valence-corrected chi connectivity index (χ0v) is 14.1. The van der Waals surface area contributed by atoms with Crippen LogP contribution in [0.2, 0.25) is 0 Å². The fourth-order valence-corrected chi connectivity index (χ4v) is 3.80. The number of ether oxygens (including phenoxy) is 1. The summed E-state index contributed by atoms with van der Waals surface area (Å²) in [6.45, 7) is 2.43. The number of rotatable bonds is 4. The molecule has 2 aromatic rings. The third-order valence-corrected chi connectivity index (χ3v) is 5.12. The van der Waals surface area contributed by atoms with Crippen molar-refractivity contribution in [2.24, 2.45) is 0 Å². The number of likely N-dealkylation sites (tertiary alicyclic amines) is 1. The first-order valence-corrected chi connectivity index (χ1v) is 8.81. The Bertz CT molecular complexity index is 736. The van der Waals surface area contributed by atoms with E-state index >= 15 is 0 Å². The number of carbonyl (C=O) groups is 1. The molecule has 0 aliphatic carbocycles. The van der Waals surface area contributed by atoms with E-state index in [1.165, 1.54) is 6.42 Å². The molecule has 2 aromatic heterocycles. The number of hydrogen-bond acceptors (Lipinski definition) is 4. The van der Waals surface area contributed by atoms with Crippen molar-refractivity contribution < 1.29 is 9.53 Å². The predicted octanol–water partition coefficient (Wildman–Crippen LogP) is 2.01. The van der Waals surface area contributed by atoms with Gasteiger partial charge in [0.15, 0.2) is 5.69 Å². The van der Waals surface area contributed by atoms with Crippen molar-refractivity contribution in [3.8, 4) is 0 Å². The number of fused-ring (bicyclic) bond motifs is 1. The SMILES string of the molecule is CN1CCC[C@H]1c1nc(C(=O)NC[C@@H]2CCCO2)c2ccccn12. The van der Waals surface area contributed by atoms with Crippen LogP contribution in [0, 0.1) is 0 Å². The molecule has 4 heterocycles. The monoisotopic (exact) mass is 328 g/mol. The van der Waals surface area contributed by atoms with Crippen LogP contribution in [0.4, 0.5) is 0 Å². The van der Waals surface area contributed by atoms with Gasteiger partial charge < -0.3 is 14.5 Å². The lowest BCUT2D eigenvalue weighted by molar-refractivity contribution is 0.0855. The zero-order valence-electron chi connectivity index (χ0n) is 14.1. The number of hydrogen-bond donors (Lipinski definition) is 1.